The van der Waals surface area contributed by atoms with Gasteiger partial charge in [-0.1, -0.05) is 0 Å². The standard InChI is InChI=1S/C16H20N2O5/c1-17(2)6-7-18-12-8-11(4-5-15(20)21)9-13(22-3)16(12)23-10-14(18)19/h4-5,8-9H,6-7,10H2,1-3H3,(H,20,21)/b5-4+. The number of nitrogens with zero attached hydrogens (tertiary/aromatic N) is 2. The number of likely N-dealkylation sites (N-methyl/N-ethyl adjacent to an activating group) is 1. The highest BCUT2D eigenvalue weighted by molar-refractivity contribution is 5.99. The fourth-order valence-electron chi connectivity index (χ4n) is 2.26. The van der Waals surface area contributed by atoms with E-state index in [1.165, 1.54) is 13.2 Å². The Morgan fingerprint density at radius 2 is 2.22 bits per heavy atom. The monoisotopic (exact) mass is 320 g/mol. The van der Waals surface area contributed by atoms with Gasteiger partial charge in [-0.15, -0.1) is 0 Å². The highest BCUT2D eigenvalue weighted by atomic mass is 16.5. The quantitative estimate of drug-likeness (QED) is 0.790. The second-order valence-electron chi connectivity index (χ2n) is 5.38. The summed E-state index contributed by atoms with van der Waals surface area (Å²) >= 11 is 0. The number of hydrogen-bond acceptors (Lipinski definition) is 5. The molecule has 0 saturated heterocycles. The Labute approximate surface area is 134 Å². The molecular formula is C16H20N2O5. The molecule has 1 amide bonds. The third-order valence-corrected chi connectivity index (χ3v) is 3.40. The molecule has 1 N–H and O–H groups in total. The highest BCUT2D eigenvalue weighted by Crippen LogP contribution is 2.41. The van der Waals surface area contributed by atoms with Crippen molar-refractivity contribution in [2.45, 2.75) is 0 Å². The first kappa shape index (κ1) is 16.8. The Morgan fingerprint density at radius 3 is 2.83 bits per heavy atom. The van der Waals surface area contributed by atoms with Crippen molar-refractivity contribution in [3.8, 4) is 11.5 Å². The van der Waals surface area contributed by atoms with Crippen LogP contribution in [0.25, 0.3) is 6.08 Å². The largest absolute Gasteiger partial charge is 0.493 e. The number of fused-ring (bicyclic) bond motifs is 1. The Kier molecular flexibility index (Phi) is 5.23. The van der Waals surface area contributed by atoms with Gasteiger partial charge >= 0.3 is 5.97 Å². The van der Waals surface area contributed by atoms with Gasteiger partial charge in [0.05, 0.1) is 12.8 Å². The van der Waals surface area contributed by atoms with Gasteiger partial charge in [0.25, 0.3) is 5.91 Å². The fraction of sp³-hybridized carbons (Fsp3) is 0.375. The molecule has 23 heavy (non-hydrogen) atoms. The van der Waals surface area contributed by atoms with Gasteiger partial charge < -0.3 is 24.4 Å². The molecule has 2 rings (SSSR count). The van der Waals surface area contributed by atoms with Crippen molar-refractivity contribution in [1.82, 2.24) is 4.90 Å². The average molecular weight is 320 g/mol. The third-order valence-electron chi connectivity index (χ3n) is 3.40. The summed E-state index contributed by atoms with van der Waals surface area (Å²) in [5.41, 5.74) is 1.21. The lowest BCUT2D eigenvalue weighted by Gasteiger charge is -2.31. The minimum absolute atomic E-state index is 0.0406. The van der Waals surface area contributed by atoms with Crippen molar-refractivity contribution in [2.75, 3.05) is 45.8 Å². The number of carbonyl (C=O) groups is 2. The number of carboxylic acid groups (broad SMARTS) is 1. The fourth-order valence-corrected chi connectivity index (χ4v) is 2.26. The number of rotatable bonds is 6. The van der Waals surface area contributed by atoms with Crippen LogP contribution in [0.2, 0.25) is 0 Å². The number of aliphatic carboxylic acids is 1. The minimum Gasteiger partial charge on any atom is -0.493 e. The molecule has 7 nitrogen and oxygen atoms in total. The van der Waals surface area contributed by atoms with Gasteiger partial charge in [0.2, 0.25) is 0 Å². The van der Waals surface area contributed by atoms with Gasteiger partial charge in [0.1, 0.15) is 0 Å². The van der Waals surface area contributed by atoms with Crippen molar-refractivity contribution in [3.05, 3.63) is 23.8 Å². The van der Waals surface area contributed by atoms with E-state index in [9.17, 15) is 9.59 Å². The number of amides is 1. The molecule has 124 valence electrons. The first-order valence-corrected chi connectivity index (χ1v) is 7.13. The van der Waals surface area contributed by atoms with Crippen LogP contribution in [0.4, 0.5) is 5.69 Å². The Bertz CT molecular complexity index is 640. The van der Waals surface area contributed by atoms with Crippen molar-refractivity contribution in [2.24, 2.45) is 0 Å². The van der Waals surface area contributed by atoms with Crippen molar-refractivity contribution in [3.63, 3.8) is 0 Å². The first-order valence-electron chi connectivity index (χ1n) is 7.13. The molecule has 0 saturated carbocycles. The van der Waals surface area contributed by atoms with E-state index in [0.29, 0.717) is 35.8 Å². The normalized spacial score (nSPS) is 14.1. The zero-order valence-corrected chi connectivity index (χ0v) is 13.4. The van der Waals surface area contributed by atoms with Crippen LogP contribution in [-0.4, -0.2) is 62.8 Å². The van der Waals surface area contributed by atoms with Crippen LogP contribution in [0.3, 0.4) is 0 Å². The van der Waals surface area contributed by atoms with Crippen molar-refractivity contribution < 1.29 is 24.2 Å². The summed E-state index contributed by atoms with van der Waals surface area (Å²) in [4.78, 5) is 26.5. The van der Waals surface area contributed by atoms with Gasteiger partial charge in [-0.05, 0) is 37.9 Å². The second-order valence-corrected chi connectivity index (χ2v) is 5.38. The second kappa shape index (κ2) is 7.15. The Morgan fingerprint density at radius 1 is 1.48 bits per heavy atom. The highest BCUT2D eigenvalue weighted by Gasteiger charge is 2.28. The molecule has 0 radical (unpaired) electrons. The van der Waals surface area contributed by atoms with Crippen LogP contribution in [0.5, 0.6) is 11.5 Å². The molecule has 0 bridgehead atoms. The maximum atomic E-state index is 12.2. The van der Waals surface area contributed by atoms with Crippen LogP contribution in [-0.2, 0) is 9.59 Å². The summed E-state index contributed by atoms with van der Waals surface area (Å²) in [7, 11) is 5.36. The van der Waals surface area contributed by atoms with Gasteiger partial charge in [-0.25, -0.2) is 4.79 Å². The number of anilines is 1. The van der Waals surface area contributed by atoms with E-state index in [1.807, 2.05) is 19.0 Å². The summed E-state index contributed by atoms with van der Waals surface area (Å²) in [5, 5.41) is 8.77. The van der Waals surface area contributed by atoms with E-state index in [2.05, 4.69) is 0 Å². The topological polar surface area (TPSA) is 79.3 Å². The molecule has 1 aliphatic rings. The van der Waals surface area contributed by atoms with E-state index < -0.39 is 5.97 Å². The summed E-state index contributed by atoms with van der Waals surface area (Å²) in [6.45, 7) is 1.17. The molecule has 1 heterocycles. The predicted octanol–water partition coefficient (Wildman–Crippen LogP) is 1.08. The number of carboxylic acids is 1. The van der Waals surface area contributed by atoms with Gasteiger partial charge in [-0.2, -0.15) is 0 Å². The van der Waals surface area contributed by atoms with Crippen LogP contribution in [0.1, 0.15) is 5.56 Å². The van der Waals surface area contributed by atoms with Gasteiger partial charge in [0.15, 0.2) is 18.1 Å². The van der Waals surface area contributed by atoms with Crippen LogP contribution >= 0.6 is 0 Å². The zero-order chi connectivity index (χ0) is 17.0. The SMILES string of the molecule is COc1cc(/C=C/C(=O)O)cc2c1OCC(=O)N2CCN(C)C. The zero-order valence-electron chi connectivity index (χ0n) is 13.4. The number of methoxy groups -OCH3 is 1. The Hall–Kier alpha value is -2.54. The molecular weight excluding hydrogens is 300 g/mol. The van der Waals surface area contributed by atoms with Crippen molar-refractivity contribution in [1.29, 1.82) is 0 Å². The molecule has 0 atom stereocenters. The van der Waals surface area contributed by atoms with Gasteiger partial charge in [0, 0.05) is 19.2 Å². The van der Waals surface area contributed by atoms with Gasteiger partial charge in [-0.3, -0.25) is 4.79 Å². The summed E-state index contributed by atoms with van der Waals surface area (Å²) in [6.07, 6.45) is 2.49. The molecule has 1 aromatic rings. The summed E-state index contributed by atoms with van der Waals surface area (Å²) in [6, 6.07) is 3.40. The maximum absolute atomic E-state index is 12.2. The summed E-state index contributed by atoms with van der Waals surface area (Å²) < 4.78 is 10.8. The summed E-state index contributed by atoms with van der Waals surface area (Å²) in [5.74, 6) is -0.215. The van der Waals surface area contributed by atoms with Crippen LogP contribution in [0, 0.1) is 0 Å². The first-order chi connectivity index (χ1) is 10.9. The molecule has 0 fully saturated rings. The van der Waals surface area contributed by atoms with E-state index in [1.54, 1.807) is 17.0 Å². The predicted molar refractivity (Wildman–Crippen MR) is 86.1 cm³/mol. The molecule has 0 spiro atoms. The smallest absolute Gasteiger partial charge is 0.328 e. The maximum Gasteiger partial charge on any atom is 0.328 e. The number of carbonyl (C=O) groups excluding carboxylic acids is 1. The van der Waals surface area contributed by atoms with Crippen LogP contribution < -0.4 is 14.4 Å². The average Bonchev–Trinajstić information content (AvgIpc) is 2.50. The van der Waals surface area contributed by atoms with E-state index in [4.69, 9.17) is 14.6 Å². The van der Waals surface area contributed by atoms with E-state index in [-0.39, 0.29) is 12.5 Å². The lowest BCUT2D eigenvalue weighted by molar-refractivity contribution is -0.131. The minimum atomic E-state index is -1.04. The van der Waals surface area contributed by atoms with Crippen LogP contribution in [0.15, 0.2) is 18.2 Å². The molecule has 0 aromatic heterocycles. The molecule has 7 heteroatoms. The molecule has 0 unspecified atom stereocenters. The Balaban J connectivity index is 2.43. The molecule has 0 aliphatic carbocycles. The molecule has 1 aliphatic heterocycles. The number of benzene rings is 1. The van der Waals surface area contributed by atoms with Crippen molar-refractivity contribution >= 4 is 23.6 Å². The molecule has 1 aromatic carbocycles. The van der Waals surface area contributed by atoms with E-state index >= 15 is 0 Å². The third kappa shape index (κ3) is 4.01. The number of ether oxygens (including phenoxy) is 2. The lowest BCUT2D eigenvalue weighted by Crippen LogP contribution is -2.42. The number of hydrogen-bond donors (Lipinski definition) is 1. The van der Waals surface area contributed by atoms with E-state index in [0.717, 1.165) is 6.08 Å². The lowest BCUT2D eigenvalue weighted by atomic mass is 10.1.